The SMILES string of the molecule is O=C1CCC(N2C(=O)c3cccc4c(Cc5cnn(C6CCN(C(=O)O)CC6(F)F)c5)ccc2c34)C(=O)N1. The second-order valence-electron chi connectivity index (χ2n) is 9.89. The molecule has 0 aliphatic carbocycles. The predicted molar refractivity (Wildman–Crippen MR) is 130 cm³/mol. The fourth-order valence-corrected chi connectivity index (χ4v) is 5.73. The van der Waals surface area contributed by atoms with Gasteiger partial charge in [0.05, 0.1) is 18.4 Å². The van der Waals surface area contributed by atoms with Gasteiger partial charge in [0.1, 0.15) is 12.1 Å². The number of hydrogen-bond acceptors (Lipinski definition) is 5. The Morgan fingerprint density at radius 2 is 1.97 bits per heavy atom. The normalized spacial score (nSPS) is 22.7. The first-order chi connectivity index (χ1) is 18.1. The summed E-state index contributed by atoms with van der Waals surface area (Å²) in [6.45, 7) is -0.883. The molecule has 38 heavy (non-hydrogen) atoms. The van der Waals surface area contributed by atoms with Crippen LogP contribution in [0.3, 0.4) is 0 Å². The lowest BCUT2D eigenvalue weighted by molar-refractivity contribution is -0.134. The molecular formula is C26H23F2N5O5. The van der Waals surface area contributed by atoms with Crippen molar-refractivity contribution in [3.05, 3.63) is 59.4 Å². The van der Waals surface area contributed by atoms with Crippen LogP contribution in [0, 0.1) is 0 Å². The van der Waals surface area contributed by atoms with Crippen molar-refractivity contribution >= 4 is 40.3 Å². The van der Waals surface area contributed by atoms with E-state index >= 15 is 0 Å². The number of nitrogens with one attached hydrogen (secondary N) is 1. The molecule has 0 spiro atoms. The lowest BCUT2D eigenvalue weighted by atomic mass is 9.97. The van der Waals surface area contributed by atoms with E-state index in [1.807, 2.05) is 12.1 Å². The van der Waals surface area contributed by atoms with E-state index in [4.69, 9.17) is 5.11 Å². The molecule has 196 valence electrons. The number of rotatable bonds is 4. The number of amides is 4. The van der Waals surface area contributed by atoms with Crippen molar-refractivity contribution in [3.63, 3.8) is 0 Å². The van der Waals surface area contributed by atoms with Crippen molar-refractivity contribution in [1.29, 1.82) is 0 Å². The van der Waals surface area contributed by atoms with Crippen LogP contribution < -0.4 is 10.2 Å². The summed E-state index contributed by atoms with van der Waals surface area (Å²) in [4.78, 5) is 50.7. The molecule has 2 unspecified atom stereocenters. The Balaban J connectivity index is 1.29. The van der Waals surface area contributed by atoms with Gasteiger partial charge in [-0.2, -0.15) is 5.10 Å². The largest absolute Gasteiger partial charge is 0.465 e. The fraction of sp³-hybridized carbons (Fsp3) is 0.346. The van der Waals surface area contributed by atoms with Gasteiger partial charge in [0.25, 0.3) is 11.8 Å². The highest BCUT2D eigenvalue weighted by Crippen LogP contribution is 2.42. The maximum atomic E-state index is 14.7. The van der Waals surface area contributed by atoms with Crippen molar-refractivity contribution in [2.24, 2.45) is 0 Å². The molecule has 2 atom stereocenters. The number of likely N-dealkylation sites (tertiary alicyclic amines) is 1. The molecule has 0 radical (unpaired) electrons. The molecule has 3 aliphatic heterocycles. The van der Waals surface area contributed by atoms with E-state index < -0.39 is 36.6 Å². The van der Waals surface area contributed by atoms with Crippen LogP contribution in [0.15, 0.2) is 42.7 Å². The van der Waals surface area contributed by atoms with Crippen LogP contribution in [0.25, 0.3) is 10.8 Å². The molecule has 0 saturated carbocycles. The second kappa shape index (κ2) is 8.61. The van der Waals surface area contributed by atoms with Crippen molar-refractivity contribution in [3.8, 4) is 0 Å². The quantitative estimate of drug-likeness (QED) is 0.507. The molecule has 12 heteroatoms. The number of anilines is 1. The van der Waals surface area contributed by atoms with Crippen molar-refractivity contribution in [1.82, 2.24) is 20.0 Å². The van der Waals surface area contributed by atoms with Gasteiger partial charge in [0, 0.05) is 36.5 Å². The van der Waals surface area contributed by atoms with E-state index in [1.165, 1.54) is 15.8 Å². The summed E-state index contributed by atoms with van der Waals surface area (Å²) in [5, 5.41) is 17.1. The molecule has 3 aliphatic rings. The smallest absolute Gasteiger partial charge is 0.407 e. The molecule has 6 rings (SSSR count). The van der Waals surface area contributed by atoms with Crippen LogP contribution in [0.2, 0.25) is 0 Å². The Morgan fingerprint density at radius 3 is 2.71 bits per heavy atom. The molecule has 1 aromatic heterocycles. The number of piperidine rings is 2. The molecule has 2 aromatic carbocycles. The minimum absolute atomic E-state index is 0.00261. The van der Waals surface area contributed by atoms with Gasteiger partial charge in [-0.1, -0.05) is 18.2 Å². The number of benzene rings is 2. The van der Waals surface area contributed by atoms with E-state index in [-0.39, 0.29) is 37.6 Å². The minimum Gasteiger partial charge on any atom is -0.465 e. The maximum Gasteiger partial charge on any atom is 0.407 e. The van der Waals surface area contributed by atoms with Crippen LogP contribution in [-0.2, 0) is 16.0 Å². The molecule has 2 saturated heterocycles. The van der Waals surface area contributed by atoms with E-state index in [9.17, 15) is 28.0 Å². The van der Waals surface area contributed by atoms with Crippen LogP contribution in [0.4, 0.5) is 19.3 Å². The monoisotopic (exact) mass is 523 g/mol. The molecule has 2 fully saturated rings. The molecule has 2 N–H and O–H groups in total. The average molecular weight is 523 g/mol. The minimum atomic E-state index is -3.26. The summed E-state index contributed by atoms with van der Waals surface area (Å²) in [7, 11) is 0. The molecule has 0 bridgehead atoms. The highest BCUT2D eigenvalue weighted by Gasteiger charge is 2.47. The third-order valence-corrected chi connectivity index (χ3v) is 7.54. The number of carbonyl (C=O) groups is 4. The first kappa shape index (κ1) is 24.0. The van der Waals surface area contributed by atoms with Crippen molar-refractivity contribution < 1.29 is 33.1 Å². The maximum absolute atomic E-state index is 14.7. The van der Waals surface area contributed by atoms with Gasteiger partial charge in [0.2, 0.25) is 11.8 Å². The van der Waals surface area contributed by atoms with Crippen LogP contribution in [0.1, 0.15) is 46.8 Å². The number of halogens is 2. The number of aromatic nitrogens is 2. The molecule has 4 heterocycles. The summed E-state index contributed by atoms with van der Waals surface area (Å²) < 4.78 is 30.7. The Kier molecular flexibility index (Phi) is 5.44. The fourth-order valence-electron chi connectivity index (χ4n) is 5.73. The van der Waals surface area contributed by atoms with Gasteiger partial charge in [-0.3, -0.25) is 29.3 Å². The number of hydrogen-bond donors (Lipinski definition) is 2. The Hall–Kier alpha value is -4.35. The van der Waals surface area contributed by atoms with Gasteiger partial charge < -0.3 is 10.0 Å². The second-order valence-corrected chi connectivity index (χ2v) is 9.89. The lowest BCUT2D eigenvalue weighted by Crippen LogP contribution is -2.53. The Bertz CT molecular complexity index is 1520. The summed E-state index contributed by atoms with van der Waals surface area (Å²) in [5.74, 6) is -4.43. The van der Waals surface area contributed by atoms with Gasteiger partial charge in [0.15, 0.2) is 0 Å². The summed E-state index contributed by atoms with van der Waals surface area (Å²) >= 11 is 0. The number of carboxylic acid groups (broad SMARTS) is 1. The van der Waals surface area contributed by atoms with Gasteiger partial charge in [-0.15, -0.1) is 0 Å². The van der Waals surface area contributed by atoms with E-state index in [1.54, 1.807) is 24.4 Å². The van der Waals surface area contributed by atoms with Crippen molar-refractivity contribution in [2.75, 3.05) is 18.0 Å². The third kappa shape index (κ3) is 3.78. The molecule has 3 aromatic rings. The lowest BCUT2D eigenvalue weighted by Gasteiger charge is -2.36. The highest BCUT2D eigenvalue weighted by molar-refractivity contribution is 6.27. The standard InChI is InChI=1S/C26H23F2N5O5/c27-26(28)13-31(25(37)38)9-8-20(26)32-12-14(11-29-32)10-15-4-5-18-22-16(15)2-1-3-17(22)24(36)33(18)19-6-7-21(34)30-23(19)35/h1-5,11-12,19-20H,6-10,13H2,(H,37,38)(H,30,34,35). The zero-order chi connectivity index (χ0) is 26.8. The first-order valence-electron chi connectivity index (χ1n) is 12.2. The van der Waals surface area contributed by atoms with Gasteiger partial charge in [-0.25, -0.2) is 13.6 Å². The zero-order valence-electron chi connectivity index (χ0n) is 20.1. The van der Waals surface area contributed by atoms with E-state index in [2.05, 4.69) is 10.4 Å². The Labute approximate surface area is 214 Å². The summed E-state index contributed by atoms with van der Waals surface area (Å²) in [6, 6.07) is 6.92. The molecule has 4 amide bonds. The summed E-state index contributed by atoms with van der Waals surface area (Å²) in [5.41, 5.74) is 2.60. The topological polar surface area (TPSA) is 125 Å². The van der Waals surface area contributed by atoms with Crippen LogP contribution in [-0.4, -0.2) is 68.7 Å². The van der Waals surface area contributed by atoms with Crippen molar-refractivity contribution in [2.45, 2.75) is 43.7 Å². The average Bonchev–Trinajstić information content (AvgIpc) is 3.44. The van der Waals surface area contributed by atoms with E-state index in [0.717, 1.165) is 10.9 Å². The zero-order valence-corrected chi connectivity index (χ0v) is 20.1. The number of alkyl halides is 2. The Morgan fingerprint density at radius 1 is 1.16 bits per heavy atom. The summed E-state index contributed by atoms with van der Waals surface area (Å²) in [6.07, 6.45) is 2.40. The van der Waals surface area contributed by atoms with Gasteiger partial charge in [-0.05, 0) is 41.5 Å². The molecular weight excluding hydrogens is 500 g/mol. The van der Waals surface area contributed by atoms with Crippen LogP contribution >= 0.6 is 0 Å². The number of imide groups is 1. The first-order valence-corrected chi connectivity index (χ1v) is 12.2. The van der Waals surface area contributed by atoms with Gasteiger partial charge >= 0.3 is 6.09 Å². The highest BCUT2D eigenvalue weighted by atomic mass is 19.3. The number of carbonyl (C=O) groups excluding carboxylic acids is 3. The third-order valence-electron chi connectivity index (χ3n) is 7.54. The number of nitrogens with zero attached hydrogens (tertiary/aromatic N) is 4. The molecule has 10 nitrogen and oxygen atoms in total. The van der Waals surface area contributed by atoms with Crippen LogP contribution in [0.5, 0.6) is 0 Å². The predicted octanol–water partition coefficient (Wildman–Crippen LogP) is 2.95. The van der Waals surface area contributed by atoms with E-state index in [0.29, 0.717) is 33.5 Å².